The summed E-state index contributed by atoms with van der Waals surface area (Å²) in [7, 11) is 3.36. The van der Waals surface area contributed by atoms with Gasteiger partial charge in [-0.2, -0.15) is 0 Å². The number of benzene rings is 1. The van der Waals surface area contributed by atoms with Crippen molar-refractivity contribution < 1.29 is 9.47 Å². The first-order valence-corrected chi connectivity index (χ1v) is 6.57. The number of hydrogen-bond acceptors (Lipinski definition) is 3. The van der Waals surface area contributed by atoms with Crippen LogP contribution in [-0.2, 0) is 5.54 Å². The summed E-state index contributed by atoms with van der Waals surface area (Å²) in [6.45, 7) is 3.28. The van der Waals surface area contributed by atoms with Gasteiger partial charge in [-0.05, 0) is 48.3 Å². The fourth-order valence-electron chi connectivity index (χ4n) is 2.42. The normalized spacial score (nSPS) is 23.8. The zero-order valence-corrected chi connectivity index (χ0v) is 12.1. The molecule has 1 aromatic rings. The lowest BCUT2D eigenvalue weighted by Gasteiger charge is -2.27. The molecular weight excluding hydrogens is 282 g/mol. The highest BCUT2D eigenvalue weighted by Gasteiger charge is 2.33. The van der Waals surface area contributed by atoms with Crippen molar-refractivity contribution in [1.82, 2.24) is 5.32 Å². The summed E-state index contributed by atoms with van der Waals surface area (Å²) in [6.07, 6.45) is 2.32. The lowest BCUT2D eigenvalue weighted by molar-refractivity contribution is 0.362. The number of halogens is 1. The van der Waals surface area contributed by atoms with E-state index < -0.39 is 0 Å². The van der Waals surface area contributed by atoms with E-state index >= 15 is 0 Å². The maximum absolute atomic E-state index is 5.48. The molecule has 0 saturated carbocycles. The van der Waals surface area contributed by atoms with Gasteiger partial charge in [0.1, 0.15) is 11.5 Å². The first kappa shape index (κ1) is 12.7. The fourth-order valence-corrected chi connectivity index (χ4v) is 2.92. The lowest BCUT2D eigenvalue weighted by Crippen LogP contribution is -2.33. The minimum atomic E-state index is 0.000134. The van der Waals surface area contributed by atoms with Crippen LogP contribution in [0.15, 0.2) is 16.6 Å². The minimum Gasteiger partial charge on any atom is -0.496 e. The maximum atomic E-state index is 5.48. The SMILES string of the molecule is COc1cc(OC)c(C2(C)CCCN2)cc1Br. The van der Waals surface area contributed by atoms with Gasteiger partial charge in [-0.15, -0.1) is 0 Å². The van der Waals surface area contributed by atoms with Crippen LogP contribution in [0.25, 0.3) is 0 Å². The number of methoxy groups -OCH3 is 2. The van der Waals surface area contributed by atoms with Crippen molar-refractivity contribution in [1.29, 1.82) is 0 Å². The smallest absolute Gasteiger partial charge is 0.136 e. The summed E-state index contributed by atoms with van der Waals surface area (Å²) < 4.78 is 11.7. The molecule has 4 heteroatoms. The van der Waals surface area contributed by atoms with E-state index in [2.05, 4.69) is 34.2 Å². The molecule has 17 heavy (non-hydrogen) atoms. The monoisotopic (exact) mass is 299 g/mol. The Hall–Kier alpha value is -0.740. The van der Waals surface area contributed by atoms with Crippen molar-refractivity contribution in [3.8, 4) is 11.5 Å². The molecule has 0 spiro atoms. The van der Waals surface area contributed by atoms with E-state index in [-0.39, 0.29) is 5.54 Å². The topological polar surface area (TPSA) is 30.5 Å². The van der Waals surface area contributed by atoms with E-state index in [1.54, 1.807) is 14.2 Å². The Labute approximate surface area is 111 Å². The lowest BCUT2D eigenvalue weighted by atomic mass is 9.89. The molecule has 0 aromatic heterocycles. The zero-order chi connectivity index (χ0) is 12.5. The highest BCUT2D eigenvalue weighted by Crippen LogP contribution is 2.41. The predicted octanol–water partition coefficient (Wildman–Crippen LogP) is 3.06. The molecule has 1 aliphatic rings. The second-order valence-electron chi connectivity index (χ2n) is 4.55. The summed E-state index contributed by atoms with van der Waals surface area (Å²) in [5.41, 5.74) is 1.19. The summed E-state index contributed by atoms with van der Waals surface area (Å²) in [5.74, 6) is 1.68. The number of hydrogen-bond donors (Lipinski definition) is 1. The van der Waals surface area contributed by atoms with Crippen molar-refractivity contribution >= 4 is 15.9 Å². The van der Waals surface area contributed by atoms with E-state index in [1.807, 2.05) is 6.07 Å². The van der Waals surface area contributed by atoms with Gasteiger partial charge in [0.05, 0.1) is 18.7 Å². The Balaban J connectivity index is 2.49. The van der Waals surface area contributed by atoms with Crippen LogP contribution >= 0.6 is 15.9 Å². The second kappa shape index (κ2) is 4.86. The average Bonchev–Trinajstić information content (AvgIpc) is 2.77. The molecule has 1 saturated heterocycles. The first-order chi connectivity index (χ1) is 8.10. The number of rotatable bonds is 3. The van der Waals surface area contributed by atoms with Crippen molar-refractivity contribution in [2.24, 2.45) is 0 Å². The van der Waals surface area contributed by atoms with Crippen LogP contribution in [0.1, 0.15) is 25.3 Å². The number of ether oxygens (including phenoxy) is 2. The Bertz CT molecular complexity index is 414. The van der Waals surface area contributed by atoms with Crippen LogP contribution in [0.5, 0.6) is 11.5 Å². The Morgan fingerprint density at radius 2 is 1.94 bits per heavy atom. The Morgan fingerprint density at radius 1 is 1.24 bits per heavy atom. The Morgan fingerprint density at radius 3 is 2.47 bits per heavy atom. The molecule has 94 valence electrons. The van der Waals surface area contributed by atoms with Gasteiger partial charge >= 0.3 is 0 Å². The second-order valence-corrected chi connectivity index (χ2v) is 5.40. The van der Waals surface area contributed by atoms with Crippen LogP contribution < -0.4 is 14.8 Å². The van der Waals surface area contributed by atoms with Crippen LogP contribution in [0.3, 0.4) is 0 Å². The standard InChI is InChI=1S/C13H18BrNO2/c1-13(5-4-6-15-13)9-7-10(14)12(17-3)8-11(9)16-2/h7-8,15H,4-6H2,1-3H3. The molecule has 0 aliphatic carbocycles. The van der Waals surface area contributed by atoms with E-state index in [9.17, 15) is 0 Å². The molecule has 1 atom stereocenters. The number of nitrogens with one attached hydrogen (secondary N) is 1. The van der Waals surface area contributed by atoms with Gasteiger partial charge in [0.2, 0.25) is 0 Å². The third-order valence-corrected chi connectivity index (χ3v) is 4.06. The quantitative estimate of drug-likeness (QED) is 0.930. The predicted molar refractivity (Wildman–Crippen MR) is 71.8 cm³/mol. The third-order valence-electron chi connectivity index (χ3n) is 3.44. The largest absolute Gasteiger partial charge is 0.496 e. The summed E-state index contributed by atoms with van der Waals surface area (Å²) in [6, 6.07) is 4.03. The molecular formula is C13H18BrNO2. The minimum absolute atomic E-state index is 0.000134. The van der Waals surface area contributed by atoms with Crippen molar-refractivity contribution in [3.05, 3.63) is 22.2 Å². The van der Waals surface area contributed by atoms with Gasteiger partial charge in [0, 0.05) is 17.2 Å². The van der Waals surface area contributed by atoms with Crippen LogP contribution in [0, 0.1) is 0 Å². The van der Waals surface area contributed by atoms with Gasteiger partial charge in [-0.25, -0.2) is 0 Å². The van der Waals surface area contributed by atoms with Gasteiger partial charge in [-0.1, -0.05) is 0 Å². The van der Waals surface area contributed by atoms with E-state index in [4.69, 9.17) is 9.47 Å². The molecule has 1 fully saturated rings. The fraction of sp³-hybridized carbons (Fsp3) is 0.538. The van der Waals surface area contributed by atoms with Gasteiger partial charge in [0.15, 0.2) is 0 Å². The molecule has 1 aliphatic heterocycles. The van der Waals surface area contributed by atoms with Crippen LogP contribution in [0.2, 0.25) is 0 Å². The van der Waals surface area contributed by atoms with E-state index in [0.717, 1.165) is 28.9 Å². The molecule has 3 nitrogen and oxygen atoms in total. The molecule has 1 unspecified atom stereocenters. The van der Waals surface area contributed by atoms with Crippen molar-refractivity contribution in [2.75, 3.05) is 20.8 Å². The molecule has 1 aromatic carbocycles. The van der Waals surface area contributed by atoms with Gasteiger partial charge in [-0.3, -0.25) is 0 Å². The average molecular weight is 300 g/mol. The van der Waals surface area contributed by atoms with E-state index in [0.29, 0.717) is 0 Å². The molecule has 0 bridgehead atoms. The summed E-state index contributed by atoms with van der Waals surface area (Å²) in [4.78, 5) is 0. The summed E-state index contributed by atoms with van der Waals surface area (Å²) >= 11 is 3.53. The zero-order valence-electron chi connectivity index (χ0n) is 10.5. The van der Waals surface area contributed by atoms with Gasteiger partial charge < -0.3 is 14.8 Å². The third kappa shape index (κ3) is 2.29. The van der Waals surface area contributed by atoms with Crippen molar-refractivity contribution in [3.63, 3.8) is 0 Å². The highest BCUT2D eigenvalue weighted by molar-refractivity contribution is 9.10. The molecule has 0 radical (unpaired) electrons. The highest BCUT2D eigenvalue weighted by atomic mass is 79.9. The molecule has 0 amide bonds. The molecule has 1 heterocycles. The van der Waals surface area contributed by atoms with E-state index in [1.165, 1.54) is 12.0 Å². The van der Waals surface area contributed by atoms with Crippen molar-refractivity contribution in [2.45, 2.75) is 25.3 Å². The van der Waals surface area contributed by atoms with Crippen LogP contribution in [0.4, 0.5) is 0 Å². The molecule has 1 N–H and O–H groups in total. The Kier molecular flexibility index (Phi) is 3.64. The first-order valence-electron chi connectivity index (χ1n) is 5.78. The maximum Gasteiger partial charge on any atom is 0.136 e. The van der Waals surface area contributed by atoms with Gasteiger partial charge in [0.25, 0.3) is 0 Å². The van der Waals surface area contributed by atoms with Crippen LogP contribution in [-0.4, -0.2) is 20.8 Å². The summed E-state index contributed by atoms with van der Waals surface area (Å²) in [5, 5.41) is 3.55. The molecule has 2 rings (SSSR count).